The number of nitrogens with zero attached hydrogens (tertiary/aromatic N) is 3. The summed E-state index contributed by atoms with van der Waals surface area (Å²) in [5.41, 5.74) is 0.909. The first kappa shape index (κ1) is 20.8. The lowest BCUT2D eigenvalue weighted by molar-refractivity contribution is -0.692. The molecule has 0 spiro atoms. The summed E-state index contributed by atoms with van der Waals surface area (Å²) in [6.07, 6.45) is 8.49. The molecule has 0 unspecified atom stereocenters. The Labute approximate surface area is 182 Å². The summed E-state index contributed by atoms with van der Waals surface area (Å²) in [5, 5.41) is 18.4. The van der Waals surface area contributed by atoms with Crippen molar-refractivity contribution in [2.75, 3.05) is 6.54 Å². The fourth-order valence-electron chi connectivity index (χ4n) is 4.40. The predicted molar refractivity (Wildman–Crippen MR) is 118 cm³/mol. The van der Waals surface area contributed by atoms with Gasteiger partial charge in [-0.05, 0) is 49.1 Å². The van der Waals surface area contributed by atoms with Crippen molar-refractivity contribution in [2.24, 2.45) is 0 Å². The zero-order valence-corrected chi connectivity index (χ0v) is 18.1. The van der Waals surface area contributed by atoms with Crippen LogP contribution in [0.3, 0.4) is 0 Å². The molecule has 1 aliphatic carbocycles. The topological polar surface area (TPSA) is 79.3 Å². The zero-order chi connectivity index (χ0) is 20.7. The highest BCUT2D eigenvalue weighted by Gasteiger charge is 2.38. The number of hydrogen-bond acceptors (Lipinski definition) is 5. The number of aromatic nitrogens is 2. The first-order valence-electron chi connectivity index (χ1n) is 11.0. The van der Waals surface area contributed by atoms with Crippen molar-refractivity contribution in [3.05, 3.63) is 59.3 Å². The Balaban J connectivity index is 1.12. The van der Waals surface area contributed by atoms with Crippen LogP contribution < -0.4 is 5.32 Å². The van der Waals surface area contributed by atoms with Crippen LogP contribution in [-0.4, -0.2) is 22.7 Å². The zero-order valence-electron chi connectivity index (χ0n) is 17.3. The second-order valence-corrected chi connectivity index (χ2v) is 9.17. The van der Waals surface area contributed by atoms with E-state index in [9.17, 15) is 5.26 Å². The van der Waals surface area contributed by atoms with Gasteiger partial charge >= 0.3 is 0 Å². The number of aryl methyl sites for hydroxylation is 1. The normalized spacial score (nSPS) is 21.4. The molecule has 2 aromatic heterocycles. The highest BCUT2D eigenvalue weighted by molar-refractivity contribution is 7.13. The van der Waals surface area contributed by atoms with Crippen molar-refractivity contribution in [3.8, 4) is 16.8 Å². The molecule has 2 N–H and O–H groups in total. The van der Waals surface area contributed by atoms with Gasteiger partial charge in [0.1, 0.15) is 0 Å². The van der Waals surface area contributed by atoms with Gasteiger partial charge in [0.15, 0.2) is 0 Å². The summed E-state index contributed by atoms with van der Waals surface area (Å²) in [4.78, 5) is 5.54. The highest BCUT2D eigenvalue weighted by atomic mass is 32.1. The van der Waals surface area contributed by atoms with Crippen LogP contribution in [0.4, 0.5) is 0 Å². The first-order valence-corrected chi connectivity index (χ1v) is 11.8. The number of nitriles is 1. The molecule has 0 amide bonds. The van der Waals surface area contributed by atoms with E-state index in [1.165, 1.54) is 18.4 Å². The molecule has 0 radical (unpaired) electrons. The summed E-state index contributed by atoms with van der Waals surface area (Å²) < 4.78 is 5.37. The van der Waals surface area contributed by atoms with Crippen LogP contribution in [0.2, 0.25) is 0 Å². The van der Waals surface area contributed by atoms with Crippen molar-refractivity contribution in [3.63, 3.8) is 0 Å². The third-order valence-electron chi connectivity index (χ3n) is 6.23. The molecule has 0 aliphatic heterocycles. The maximum atomic E-state index is 9.83. The smallest absolute Gasteiger partial charge is 0.226 e. The van der Waals surface area contributed by atoms with Crippen LogP contribution in [-0.2, 0) is 11.8 Å². The molecule has 1 aliphatic rings. The molecule has 0 bridgehead atoms. The van der Waals surface area contributed by atoms with Crippen LogP contribution in [0, 0.1) is 11.3 Å². The van der Waals surface area contributed by atoms with Gasteiger partial charge in [-0.1, -0.05) is 41.6 Å². The molecule has 2 heterocycles. The van der Waals surface area contributed by atoms with Gasteiger partial charge in [0.05, 0.1) is 28.9 Å². The van der Waals surface area contributed by atoms with Crippen LogP contribution >= 0.6 is 11.3 Å². The van der Waals surface area contributed by atoms with Crippen LogP contribution in [0.5, 0.6) is 0 Å². The molecule has 6 heteroatoms. The van der Waals surface area contributed by atoms with E-state index in [0.717, 1.165) is 55.8 Å². The van der Waals surface area contributed by atoms with Gasteiger partial charge in [-0.25, -0.2) is 0 Å². The Kier molecular flexibility index (Phi) is 6.93. The third kappa shape index (κ3) is 4.97. The number of hydrogen-bond donors (Lipinski definition) is 1. The van der Waals surface area contributed by atoms with Gasteiger partial charge < -0.3 is 9.84 Å². The summed E-state index contributed by atoms with van der Waals surface area (Å²) in [6.45, 7) is 1.15. The molecule has 1 aromatic carbocycles. The second-order valence-electron chi connectivity index (χ2n) is 8.22. The number of nitrogens with two attached hydrogens (primary N) is 1. The molecular formula is C24H29N4OS+. The van der Waals surface area contributed by atoms with Crippen LogP contribution in [0.15, 0.2) is 52.4 Å². The van der Waals surface area contributed by atoms with Crippen molar-refractivity contribution in [1.29, 1.82) is 5.26 Å². The second kappa shape index (κ2) is 10.0. The lowest BCUT2D eigenvalue weighted by Crippen LogP contribution is -2.90. The fourth-order valence-corrected chi connectivity index (χ4v) is 5.05. The van der Waals surface area contributed by atoms with Crippen molar-refractivity contribution in [1.82, 2.24) is 10.1 Å². The van der Waals surface area contributed by atoms with Gasteiger partial charge in [-0.15, -0.1) is 11.3 Å². The van der Waals surface area contributed by atoms with Gasteiger partial charge in [-0.2, -0.15) is 10.2 Å². The number of unbranched alkanes of at least 4 members (excludes halogenated alkanes) is 2. The van der Waals surface area contributed by atoms with E-state index < -0.39 is 0 Å². The minimum atomic E-state index is -0.280. The van der Waals surface area contributed by atoms with Crippen molar-refractivity contribution in [2.45, 2.75) is 62.8 Å². The summed E-state index contributed by atoms with van der Waals surface area (Å²) in [6, 6.07) is 17.6. The Hall–Kier alpha value is -2.49. The Morgan fingerprint density at radius 2 is 1.93 bits per heavy atom. The standard InChI is InChI=1S/C24H28N4OS/c25-18-24(19-8-3-1-4-9-19)14-12-20(13-15-24)26-16-6-2-5-11-22-27-23(28-29-22)21-10-7-17-30-21/h1,3-4,7-10,17,20,26H,2,5-6,11-16H2/p+1. The van der Waals surface area contributed by atoms with Gasteiger partial charge in [-0.3, -0.25) is 0 Å². The molecule has 0 atom stereocenters. The monoisotopic (exact) mass is 421 g/mol. The summed E-state index contributed by atoms with van der Waals surface area (Å²) in [5.74, 6) is 1.44. The van der Waals surface area contributed by atoms with E-state index in [-0.39, 0.29) is 5.41 Å². The van der Waals surface area contributed by atoms with E-state index in [1.54, 1.807) is 11.3 Å². The number of quaternary nitrogens is 1. The summed E-state index contributed by atoms with van der Waals surface area (Å²) >= 11 is 1.63. The molecule has 0 saturated heterocycles. The van der Waals surface area contributed by atoms with E-state index in [0.29, 0.717) is 11.9 Å². The average Bonchev–Trinajstić information content (AvgIpc) is 3.49. The average molecular weight is 422 g/mol. The van der Waals surface area contributed by atoms with Crippen LogP contribution in [0.1, 0.15) is 56.4 Å². The maximum Gasteiger partial charge on any atom is 0.226 e. The maximum absolute atomic E-state index is 9.83. The number of rotatable bonds is 9. The lowest BCUT2D eigenvalue weighted by atomic mass is 9.69. The van der Waals surface area contributed by atoms with Gasteiger partial charge in [0.25, 0.3) is 0 Å². The first-order chi connectivity index (χ1) is 14.8. The highest BCUT2D eigenvalue weighted by Crippen LogP contribution is 2.38. The molecule has 1 saturated carbocycles. The minimum absolute atomic E-state index is 0.280. The molecule has 5 nitrogen and oxygen atoms in total. The number of benzene rings is 1. The predicted octanol–water partition coefficient (Wildman–Crippen LogP) is 4.48. The third-order valence-corrected chi connectivity index (χ3v) is 7.09. The van der Waals surface area contributed by atoms with E-state index in [4.69, 9.17) is 4.52 Å². The van der Waals surface area contributed by atoms with E-state index in [1.807, 2.05) is 35.7 Å². The molecule has 156 valence electrons. The van der Waals surface area contributed by atoms with E-state index >= 15 is 0 Å². The number of thiophene rings is 1. The largest absolute Gasteiger partial charge is 0.344 e. The summed E-state index contributed by atoms with van der Waals surface area (Å²) in [7, 11) is 0. The van der Waals surface area contributed by atoms with Gasteiger partial charge in [0, 0.05) is 19.3 Å². The molecule has 30 heavy (non-hydrogen) atoms. The lowest BCUT2D eigenvalue weighted by Gasteiger charge is -2.34. The van der Waals surface area contributed by atoms with E-state index in [2.05, 4.69) is 33.7 Å². The fraction of sp³-hybridized carbons (Fsp3) is 0.458. The Morgan fingerprint density at radius 1 is 1.10 bits per heavy atom. The molecule has 3 aromatic rings. The minimum Gasteiger partial charge on any atom is -0.344 e. The van der Waals surface area contributed by atoms with Crippen LogP contribution in [0.25, 0.3) is 10.7 Å². The van der Waals surface area contributed by atoms with Gasteiger partial charge in [0.2, 0.25) is 11.7 Å². The Bertz CT molecular complexity index is 937. The van der Waals surface area contributed by atoms with Crippen molar-refractivity contribution < 1.29 is 9.84 Å². The molecular weight excluding hydrogens is 392 g/mol. The van der Waals surface area contributed by atoms with Crippen molar-refractivity contribution >= 4 is 11.3 Å². The quantitative estimate of drug-likeness (QED) is 0.517. The molecule has 1 fully saturated rings. The molecule has 4 rings (SSSR count). The SMILES string of the molecule is N#CC1(c2ccccc2)CCC([NH2+]CCCCCc2nc(-c3cccs3)no2)CC1. The Morgan fingerprint density at radius 3 is 2.67 bits per heavy atom.